The number of anilines is 3. The summed E-state index contributed by atoms with van der Waals surface area (Å²) < 4.78 is 41.2. The fourth-order valence-electron chi connectivity index (χ4n) is 5.59. The lowest BCUT2D eigenvalue weighted by molar-refractivity contribution is -0.137. The highest BCUT2D eigenvalue weighted by Crippen LogP contribution is 2.65. The van der Waals surface area contributed by atoms with Crippen molar-refractivity contribution in [2.24, 2.45) is 11.3 Å². The molecule has 1 aromatic carbocycles. The summed E-state index contributed by atoms with van der Waals surface area (Å²) in [5.41, 5.74) is -3.38. The van der Waals surface area contributed by atoms with Gasteiger partial charge in [0, 0.05) is 12.0 Å². The third-order valence-corrected chi connectivity index (χ3v) is 8.25. The highest BCUT2D eigenvalue weighted by Gasteiger charge is 2.60. The first-order chi connectivity index (χ1) is 18.4. The second-order valence-electron chi connectivity index (χ2n) is 10.4. The van der Waals surface area contributed by atoms with Crippen LogP contribution in [-0.4, -0.2) is 26.3 Å². The normalized spacial score (nSPS) is 22.6. The minimum absolute atomic E-state index is 0.0312. The molecule has 202 valence electrons. The lowest BCUT2D eigenvalue weighted by Crippen LogP contribution is -2.46. The van der Waals surface area contributed by atoms with Crippen LogP contribution in [0.4, 0.5) is 30.5 Å². The van der Waals surface area contributed by atoms with Crippen LogP contribution < -0.4 is 21.5 Å². The van der Waals surface area contributed by atoms with Gasteiger partial charge in [-0.2, -0.15) is 13.2 Å². The lowest BCUT2D eigenvalue weighted by Gasteiger charge is -2.28. The first-order valence-corrected chi connectivity index (χ1v) is 12.7. The molecule has 13 heteroatoms. The Bertz CT molecular complexity index is 1600. The van der Waals surface area contributed by atoms with Gasteiger partial charge < -0.3 is 16.0 Å². The average molecular weight is 559 g/mol. The number of carbonyl (C=O) groups is 2. The predicted molar refractivity (Wildman–Crippen MR) is 136 cm³/mol. The fraction of sp³-hybridized carbons (Fsp3) is 0.346. The number of hydrogen-bond donors (Lipinski definition) is 3. The van der Waals surface area contributed by atoms with Crippen LogP contribution in [0.2, 0.25) is 5.02 Å². The molecule has 2 amide bonds. The molecule has 2 unspecified atom stereocenters. The van der Waals surface area contributed by atoms with Crippen LogP contribution in [0, 0.1) is 11.3 Å². The van der Waals surface area contributed by atoms with Crippen molar-refractivity contribution in [3.05, 3.63) is 74.9 Å². The van der Waals surface area contributed by atoms with Crippen molar-refractivity contribution < 1.29 is 22.8 Å². The number of rotatable bonds is 5. The van der Waals surface area contributed by atoms with Gasteiger partial charge in [-0.05, 0) is 55.4 Å². The number of nitrogens with zero attached hydrogens (tertiary/aromatic N) is 3. The van der Waals surface area contributed by atoms with Gasteiger partial charge in [0.2, 0.25) is 5.91 Å². The Hall–Kier alpha value is -3.93. The molecule has 3 aliphatic rings. The van der Waals surface area contributed by atoms with E-state index in [0.29, 0.717) is 0 Å². The number of aromatic nitrogens is 3. The minimum atomic E-state index is -4.62. The second-order valence-corrected chi connectivity index (χ2v) is 10.8. The smallest absolute Gasteiger partial charge is 0.336 e. The molecular weight excluding hydrogens is 537 g/mol. The second kappa shape index (κ2) is 8.54. The lowest BCUT2D eigenvalue weighted by atomic mass is 9.80. The highest BCUT2D eigenvalue weighted by atomic mass is 35.5. The average Bonchev–Trinajstić information content (AvgIpc) is 3.57. The SMILES string of the molecule is CC1(c2cccc(C(F)(F)F)c2)NC(=O)c2c(Cl)cc(Nc3cc(NC(=O)C4CC45CCC5)ncn3)c(=O)n21. The Morgan fingerprint density at radius 3 is 2.56 bits per heavy atom. The van der Waals surface area contributed by atoms with Crippen LogP contribution in [0.1, 0.15) is 54.2 Å². The number of benzene rings is 1. The van der Waals surface area contributed by atoms with E-state index in [2.05, 4.69) is 25.9 Å². The van der Waals surface area contributed by atoms with Crippen LogP contribution in [0.15, 0.2) is 47.5 Å². The molecule has 1 spiro atoms. The van der Waals surface area contributed by atoms with Crippen LogP contribution in [0.5, 0.6) is 0 Å². The third kappa shape index (κ3) is 4.13. The molecule has 9 nitrogen and oxygen atoms in total. The molecule has 0 radical (unpaired) electrons. The Morgan fingerprint density at radius 2 is 1.90 bits per heavy atom. The number of amides is 2. The Labute approximate surface area is 224 Å². The topological polar surface area (TPSA) is 118 Å². The molecule has 0 saturated heterocycles. The third-order valence-electron chi connectivity index (χ3n) is 7.96. The van der Waals surface area contributed by atoms with E-state index in [1.54, 1.807) is 0 Å². The summed E-state index contributed by atoms with van der Waals surface area (Å²) in [5.74, 6) is -0.434. The Morgan fingerprint density at radius 1 is 1.15 bits per heavy atom. The number of carbonyl (C=O) groups excluding carboxylic acids is 2. The van der Waals surface area contributed by atoms with Crippen molar-refractivity contribution in [3.8, 4) is 0 Å². The van der Waals surface area contributed by atoms with Gasteiger partial charge in [0.15, 0.2) is 0 Å². The summed E-state index contributed by atoms with van der Waals surface area (Å²) in [6, 6.07) is 7.07. The maximum absolute atomic E-state index is 13.6. The van der Waals surface area contributed by atoms with Crippen LogP contribution in [-0.2, 0) is 16.6 Å². The molecule has 3 heterocycles. The highest BCUT2D eigenvalue weighted by molar-refractivity contribution is 6.34. The monoisotopic (exact) mass is 558 g/mol. The van der Waals surface area contributed by atoms with E-state index in [0.717, 1.165) is 42.4 Å². The van der Waals surface area contributed by atoms with Crippen molar-refractivity contribution in [2.75, 3.05) is 10.6 Å². The summed E-state index contributed by atoms with van der Waals surface area (Å²) in [6.45, 7) is 1.42. The number of alkyl halides is 3. The maximum atomic E-state index is 13.6. The van der Waals surface area contributed by atoms with Gasteiger partial charge in [-0.3, -0.25) is 19.0 Å². The van der Waals surface area contributed by atoms with Gasteiger partial charge >= 0.3 is 6.18 Å². The zero-order valence-corrected chi connectivity index (χ0v) is 21.3. The standard InChI is InChI=1S/C26H22ClF3N6O3/c1-24(13-4-2-5-14(8-13)26(28,29)30)35-22(38)20-16(27)9-17(23(39)36(20)24)33-18-10-19(32-12-31-18)34-21(37)15-11-25(15)6-3-7-25/h2,4-5,8-10,12,15H,3,6-7,11H2,1H3,(H,35,38)(H2,31,32,33,34,37). The molecule has 3 N–H and O–H groups in total. The van der Waals surface area contributed by atoms with E-state index in [1.807, 2.05) is 0 Å². The molecule has 6 rings (SSSR count). The van der Waals surface area contributed by atoms with E-state index < -0.39 is 28.9 Å². The zero-order chi connectivity index (χ0) is 27.7. The molecule has 2 aliphatic carbocycles. The predicted octanol–water partition coefficient (Wildman–Crippen LogP) is 4.65. The summed E-state index contributed by atoms with van der Waals surface area (Å²) in [5, 5.41) is 8.14. The molecule has 2 fully saturated rings. The van der Waals surface area contributed by atoms with E-state index in [-0.39, 0.29) is 50.8 Å². The first kappa shape index (κ1) is 25.4. The zero-order valence-electron chi connectivity index (χ0n) is 20.5. The number of nitrogens with one attached hydrogen (secondary N) is 3. The summed E-state index contributed by atoms with van der Waals surface area (Å²) in [6.07, 6.45) is 0.717. The van der Waals surface area contributed by atoms with Gasteiger partial charge in [0.05, 0.1) is 10.6 Å². The molecular formula is C26H22ClF3N6O3. The van der Waals surface area contributed by atoms with Gasteiger partial charge in [-0.15, -0.1) is 0 Å². The summed E-state index contributed by atoms with van der Waals surface area (Å²) in [7, 11) is 0. The fourth-order valence-corrected chi connectivity index (χ4v) is 5.87. The van der Waals surface area contributed by atoms with E-state index >= 15 is 0 Å². The molecule has 39 heavy (non-hydrogen) atoms. The first-order valence-electron chi connectivity index (χ1n) is 12.3. The number of fused-ring (bicyclic) bond motifs is 1. The van der Waals surface area contributed by atoms with Crippen molar-refractivity contribution in [1.29, 1.82) is 0 Å². The van der Waals surface area contributed by atoms with Crippen molar-refractivity contribution in [2.45, 2.75) is 44.4 Å². The minimum Gasteiger partial charge on any atom is -0.336 e. The van der Waals surface area contributed by atoms with Crippen molar-refractivity contribution in [1.82, 2.24) is 19.9 Å². The Balaban J connectivity index is 1.32. The van der Waals surface area contributed by atoms with Gasteiger partial charge in [0.25, 0.3) is 11.5 Å². The number of halogens is 4. The van der Waals surface area contributed by atoms with Gasteiger partial charge in [-0.1, -0.05) is 30.2 Å². The van der Waals surface area contributed by atoms with Crippen molar-refractivity contribution in [3.63, 3.8) is 0 Å². The largest absolute Gasteiger partial charge is 0.416 e. The van der Waals surface area contributed by atoms with Crippen LogP contribution in [0.3, 0.4) is 0 Å². The Kier molecular flexibility index (Phi) is 5.55. The quantitative estimate of drug-likeness (QED) is 0.420. The number of hydrogen-bond acceptors (Lipinski definition) is 6. The van der Waals surface area contributed by atoms with Crippen LogP contribution in [0.25, 0.3) is 0 Å². The molecule has 2 saturated carbocycles. The summed E-state index contributed by atoms with van der Waals surface area (Å²) in [4.78, 5) is 47.2. The van der Waals surface area contributed by atoms with Crippen LogP contribution >= 0.6 is 11.6 Å². The van der Waals surface area contributed by atoms with E-state index in [4.69, 9.17) is 11.6 Å². The molecule has 2 aromatic heterocycles. The summed E-state index contributed by atoms with van der Waals surface area (Å²) >= 11 is 6.38. The van der Waals surface area contributed by atoms with Gasteiger partial charge in [0.1, 0.15) is 35.0 Å². The maximum Gasteiger partial charge on any atom is 0.416 e. The molecule has 0 bridgehead atoms. The van der Waals surface area contributed by atoms with Crippen molar-refractivity contribution >= 4 is 40.7 Å². The molecule has 1 aliphatic heterocycles. The molecule has 2 atom stereocenters. The molecule has 3 aromatic rings. The number of pyridine rings is 1. The van der Waals surface area contributed by atoms with E-state index in [1.165, 1.54) is 37.5 Å². The van der Waals surface area contributed by atoms with E-state index in [9.17, 15) is 27.6 Å². The van der Waals surface area contributed by atoms with Gasteiger partial charge in [-0.25, -0.2) is 9.97 Å².